The van der Waals surface area contributed by atoms with Crippen molar-refractivity contribution in [1.82, 2.24) is 5.32 Å². The normalized spacial score (nSPS) is 10.2. The molecule has 0 unspecified atom stereocenters. The van der Waals surface area contributed by atoms with Gasteiger partial charge in [0.25, 0.3) is 5.91 Å². The van der Waals surface area contributed by atoms with Crippen molar-refractivity contribution in [3.8, 4) is 5.75 Å². The third-order valence-electron chi connectivity index (χ3n) is 2.95. The number of benzene rings is 2. The van der Waals surface area contributed by atoms with Crippen LogP contribution in [0.25, 0.3) is 0 Å². The van der Waals surface area contributed by atoms with E-state index in [2.05, 4.69) is 5.32 Å². The van der Waals surface area contributed by atoms with Crippen LogP contribution in [-0.4, -0.2) is 19.1 Å². The molecule has 0 saturated heterocycles. The summed E-state index contributed by atoms with van der Waals surface area (Å²) in [7, 11) is 0. The van der Waals surface area contributed by atoms with E-state index in [9.17, 15) is 9.18 Å². The first-order chi connectivity index (χ1) is 10.1. The van der Waals surface area contributed by atoms with Gasteiger partial charge in [-0.1, -0.05) is 18.2 Å². The number of nitrogen functional groups attached to an aromatic ring is 1. The van der Waals surface area contributed by atoms with E-state index in [0.29, 0.717) is 17.0 Å². The topological polar surface area (TPSA) is 64.3 Å². The number of carbonyl (C=O) groups is 1. The molecule has 0 aliphatic rings. The van der Waals surface area contributed by atoms with Gasteiger partial charge < -0.3 is 15.8 Å². The maximum atomic E-state index is 13.8. The molecule has 21 heavy (non-hydrogen) atoms. The first kappa shape index (κ1) is 14.8. The number of ether oxygens (including phenoxy) is 1. The lowest BCUT2D eigenvalue weighted by atomic mass is 10.1. The fourth-order valence-corrected chi connectivity index (χ4v) is 1.86. The minimum absolute atomic E-state index is 0.0407. The van der Waals surface area contributed by atoms with Crippen molar-refractivity contribution in [3.63, 3.8) is 0 Å². The van der Waals surface area contributed by atoms with Crippen LogP contribution in [0.3, 0.4) is 0 Å². The molecule has 0 bridgehead atoms. The molecule has 110 valence electrons. The van der Waals surface area contributed by atoms with Gasteiger partial charge in [0.05, 0.1) is 12.1 Å². The van der Waals surface area contributed by atoms with E-state index in [0.717, 1.165) is 0 Å². The average molecular weight is 288 g/mol. The highest BCUT2D eigenvalue weighted by atomic mass is 19.1. The molecule has 0 fully saturated rings. The number of nitrogens with one attached hydrogen (secondary N) is 1. The smallest absolute Gasteiger partial charge is 0.254 e. The van der Waals surface area contributed by atoms with Crippen molar-refractivity contribution in [1.29, 1.82) is 0 Å². The Labute approximate surface area is 122 Å². The monoisotopic (exact) mass is 288 g/mol. The van der Waals surface area contributed by atoms with E-state index in [4.69, 9.17) is 10.5 Å². The van der Waals surface area contributed by atoms with Crippen molar-refractivity contribution < 1.29 is 13.9 Å². The summed E-state index contributed by atoms with van der Waals surface area (Å²) < 4.78 is 19.2. The van der Waals surface area contributed by atoms with Crippen LogP contribution in [0.4, 0.5) is 10.1 Å². The number of hydrogen-bond donors (Lipinski definition) is 2. The minimum atomic E-state index is -0.494. The van der Waals surface area contributed by atoms with Crippen molar-refractivity contribution in [2.45, 2.75) is 6.92 Å². The zero-order valence-corrected chi connectivity index (χ0v) is 11.7. The lowest BCUT2D eigenvalue weighted by Gasteiger charge is -2.09. The van der Waals surface area contributed by atoms with Crippen molar-refractivity contribution in [2.75, 3.05) is 18.9 Å². The van der Waals surface area contributed by atoms with Crippen LogP contribution in [0, 0.1) is 12.7 Å². The number of hydrogen-bond acceptors (Lipinski definition) is 3. The second-order valence-corrected chi connectivity index (χ2v) is 4.61. The first-order valence-electron chi connectivity index (χ1n) is 6.59. The Hall–Kier alpha value is -2.56. The van der Waals surface area contributed by atoms with Crippen LogP contribution < -0.4 is 15.8 Å². The highest BCUT2D eigenvalue weighted by Crippen LogP contribution is 2.14. The number of halogens is 1. The number of rotatable bonds is 5. The second-order valence-electron chi connectivity index (χ2n) is 4.61. The van der Waals surface area contributed by atoms with Crippen LogP contribution in [0.5, 0.6) is 5.75 Å². The molecule has 2 aromatic rings. The lowest BCUT2D eigenvalue weighted by molar-refractivity contribution is 0.0943. The molecule has 0 saturated carbocycles. The molecule has 5 heteroatoms. The molecule has 0 aliphatic heterocycles. The quantitative estimate of drug-likeness (QED) is 0.656. The summed E-state index contributed by atoms with van der Waals surface area (Å²) >= 11 is 0. The van der Waals surface area contributed by atoms with Gasteiger partial charge in [0.2, 0.25) is 0 Å². The Balaban J connectivity index is 1.83. The third kappa shape index (κ3) is 3.95. The zero-order chi connectivity index (χ0) is 15.2. The summed E-state index contributed by atoms with van der Waals surface area (Å²) in [4.78, 5) is 11.9. The molecule has 3 N–H and O–H groups in total. The summed E-state index contributed by atoms with van der Waals surface area (Å²) in [5, 5.41) is 2.62. The van der Waals surface area contributed by atoms with Crippen molar-refractivity contribution in [2.24, 2.45) is 0 Å². The molecule has 0 spiro atoms. The van der Waals surface area contributed by atoms with Gasteiger partial charge in [-0.3, -0.25) is 4.79 Å². The third-order valence-corrected chi connectivity index (χ3v) is 2.95. The molecule has 2 rings (SSSR count). The van der Waals surface area contributed by atoms with Gasteiger partial charge in [-0.25, -0.2) is 4.39 Å². The fraction of sp³-hybridized carbons (Fsp3) is 0.188. The fourth-order valence-electron chi connectivity index (χ4n) is 1.86. The maximum Gasteiger partial charge on any atom is 0.254 e. The van der Waals surface area contributed by atoms with E-state index in [1.807, 2.05) is 0 Å². The highest BCUT2D eigenvalue weighted by Gasteiger charge is 2.12. The van der Waals surface area contributed by atoms with Gasteiger partial charge in [-0.2, -0.15) is 0 Å². The van der Waals surface area contributed by atoms with E-state index in [1.54, 1.807) is 43.3 Å². The van der Waals surface area contributed by atoms with Gasteiger partial charge >= 0.3 is 0 Å². The molecule has 0 aliphatic carbocycles. The standard InChI is InChI=1S/C16H17FN2O2/c1-11-4-2-7-14(15(11)17)16(20)19-8-9-21-13-6-3-5-12(18)10-13/h2-7,10H,8-9,18H2,1H3,(H,19,20). The van der Waals surface area contributed by atoms with E-state index >= 15 is 0 Å². The van der Waals surface area contributed by atoms with Crippen LogP contribution in [-0.2, 0) is 0 Å². The van der Waals surface area contributed by atoms with Crippen LogP contribution in [0.2, 0.25) is 0 Å². The second kappa shape index (κ2) is 6.74. The number of aryl methyl sites for hydroxylation is 1. The predicted octanol–water partition coefficient (Wildman–Crippen LogP) is 2.53. The van der Waals surface area contributed by atoms with Gasteiger partial charge in [-0.15, -0.1) is 0 Å². The van der Waals surface area contributed by atoms with Gasteiger partial charge in [0.1, 0.15) is 18.2 Å². The molecular formula is C16H17FN2O2. The summed E-state index contributed by atoms with van der Waals surface area (Å²) in [6.45, 7) is 2.18. The molecular weight excluding hydrogens is 271 g/mol. The SMILES string of the molecule is Cc1cccc(C(=O)NCCOc2cccc(N)c2)c1F. The molecule has 0 aromatic heterocycles. The summed E-state index contributed by atoms with van der Waals surface area (Å²) in [5.41, 5.74) is 6.72. The molecule has 0 atom stereocenters. The molecule has 4 nitrogen and oxygen atoms in total. The highest BCUT2D eigenvalue weighted by molar-refractivity contribution is 5.94. The van der Waals surface area contributed by atoms with E-state index < -0.39 is 11.7 Å². The zero-order valence-electron chi connectivity index (χ0n) is 11.7. The van der Waals surface area contributed by atoms with Crippen molar-refractivity contribution >= 4 is 11.6 Å². The number of anilines is 1. The molecule has 0 radical (unpaired) electrons. The van der Waals surface area contributed by atoms with E-state index in [-0.39, 0.29) is 18.7 Å². The van der Waals surface area contributed by atoms with Crippen molar-refractivity contribution in [3.05, 3.63) is 59.4 Å². The first-order valence-corrected chi connectivity index (χ1v) is 6.59. The summed E-state index contributed by atoms with van der Waals surface area (Å²) in [6.07, 6.45) is 0. The van der Waals surface area contributed by atoms with E-state index in [1.165, 1.54) is 6.07 Å². The minimum Gasteiger partial charge on any atom is -0.492 e. The largest absolute Gasteiger partial charge is 0.492 e. The van der Waals surface area contributed by atoms with Gasteiger partial charge in [-0.05, 0) is 30.7 Å². The van der Waals surface area contributed by atoms with Gasteiger partial charge in [0, 0.05) is 11.8 Å². The molecule has 0 heterocycles. The Bertz CT molecular complexity index is 644. The Morgan fingerprint density at radius 3 is 2.81 bits per heavy atom. The van der Waals surface area contributed by atoms with Crippen LogP contribution in [0.15, 0.2) is 42.5 Å². The Morgan fingerprint density at radius 2 is 2.05 bits per heavy atom. The average Bonchev–Trinajstić information content (AvgIpc) is 2.46. The number of carbonyl (C=O) groups excluding carboxylic acids is 1. The van der Waals surface area contributed by atoms with Crippen LogP contribution >= 0.6 is 0 Å². The summed E-state index contributed by atoms with van der Waals surface area (Å²) in [5.74, 6) is -0.315. The Kier molecular flexibility index (Phi) is 4.77. The van der Waals surface area contributed by atoms with Gasteiger partial charge in [0.15, 0.2) is 0 Å². The Morgan fingerprint density at radius 1 is 1.29 bits per heavy atom. The maximum absolute atomic E-state index is 13.8. The number of nitrogens with two attached hydrogens (primary N) is 1. The molecule has 1 amide bonds. The molecule has 2 aromatic carbocycles. The van der Waals surface area contributed by atoms with Crippen LogP contribution in [0.1, 0.15) is 15.9 Å². The number of amides is 1. The lowest BCUT2D eigenvalue weighted by Crippen LogP contribution is -2.29. The summed E-state index contributed by atoms with van der Waals surface area (Å²) in [6, 6.07) is 11.7. The predicted molar refractivity (Wildman–Crippen MR) is 79.8 cm³/mol.